The van der Waals surface area contributed by atoms with Crippen LogP contribution in [0.25, 0.3) is 0 Å². The zero-order valence-corrected chi connectivity index (χ0v) is 7.33. The summed E-state index contributed by atoms with van der Waals surface area (Å²) in [5.41, 5.74) is 2.73. The van der Waals surface area contributed by atoms with Gasteiger partial charge in [-0.05, 0) is 19.9 Å². The lowest BCUT2D eigenvalue weighted by atomic mass is 10.2. The topological polar surface area (TPSA) is 36.2 Å². The first-order valence-corrected chi connectivity index (χ1v) is 3.85. The third-order valence-corrected chi connectivity index (χ3v) is 1.44. The Hall–Kier alpha value is -1.44. The van der Waals surface area contributed by atoms with Crippen LogP contribution in [0.2, 0.25) is 0 Å². The van der Waals surface area contributed by atoms with Crippen LogP contribution in [0.5, 0.6) is 0 Å². The van der Waals surface area contributed by atoms with E-state index in [4.69, 9.17) is 5.41 Å². The van der Waals surface area contributed by atoms with Gasteiger partial charge in [0, 0.05) is 17.5 Å². The number of aliphatic imine (C=N–C) groups is 1. The standard InChI is InChI=1S/C10H12N2/c1-8(2)12-10-6-4-3-5-9(10)7-11/h3-7,11H,1-2H3. The smallest absolute Gasteiger partial charge is 0.0716 e. The highest BCUT2D eigenvalue weighted by molar-refractivity contribution is 5.89. The van der Waals surface area contributed by atoms with Gasteiger partial charge in [-0.2, -0.15) is 0 Å². The van der Waals surface area contributed by atoms with Crippen LogP contribution >= 0.6 is 0 Å². The molecule has 0 aliphatic carbocycles. The van der Waals surface area contributed by atoms with Crippen molar-refractivity contribution >= 4 is 17.6 Å². The molecular formula is C10H12N2. The molecule has 0 atom stereocenters. The third kappa shape index (κ3) is 2.02. The van der Waals surface area contributed by atoms with Crippen LogP contribution in [0.15, 0.2) is 29.3 Å². The van der Waals surface area contributed by atoms with Crippen LogP contribution in [-0.4, -0.2) is 11.9 Å². The van der Waals surface area contributed by atoms with Gasteiger partial charge in [0.25, 0.3) is 0 Å². The van der Waals surface area contributed by atoms with E-state index in [-0.39, 0.29) is 0 Å². The first kappa shape index (κ1) is 8.65. The number of benzene rings is 1. The minimum atomic E-state index is 0.860. The van der Waals surface area contributed by atoms with E-state index >= 15 is 0 Å². The van der Waals surface area contributed by atoms with Gasteiger partial charge >= 0.3 is 0 Å². The second kappa shape index (κ2) is 3.81. The lowest BCUT2D eigenvalue weighted by Gasteiger charge is -1.98. The Morgan fingerprint density at radius 1 is 1.33 bits per heavy atom. The van der Waals surface area contributed by atoms with Gasteiger partial charge in [-0.15, -0.1) is 0 Å². The first-order valence-electron chi connectivity index (χ1n) is 3.85. The van der Waals surface area contributed by atoms with Crippen molar-refractivity contribution in [2.45, 2.75) is 13.8 Å². The molecule has 0 bridgehead atoms. The fourth-order valence-corrected chi connectivity index (χ4v) is 0.952. The van der Waals surface area contributed by atoms with Crippen LogP contribution in [0.1, 0.15) is 19.4 Å². The molecule has 1 aromatic carbocycles. The van der Waals surface area contributed by atoms with E-state index in [1.807, 2.05) is 38.1 Å². The molecule has 1 N–H and O–H groups in total. The van der Waals surface area contributed by atoms with Gasteiger partial charge < -0.3 is 5.41 Å². The molecule has 2 nitrogen and oxygen atoms in total. The molecule has 0 unspecified atom stereocenters. The Balaban J connectivity index is 3.14. The fourth-order valence-electron chi connectivity index (χ4n) is 0.952. The van der Waals surface area contributed by atoms with Crippen LogP contribution in [0.4, 0.5) is 5.69 Å². The van der Waals surface area contributed by atoms with E-state index in [1.165, 1.54) is 6.21 Å². The van der Waals surface area contributed by atoms with Crippen LogP contribution in [0, 0.1) is 5.41 Å². The molecule has 0 fully saturated rings. The highest BCUT2D eigenvalue weighted by Gasteiger charge is 1.94. The van der Waals surface area contributed by atoms with Gasteiger partial charge in [0.2, 0.25) is 0 Å². The lowest BCUT2D eigenvalue weighted by Crippen LogP contribution is -1.83. The molecular weight excluding hydrogens is 148 g/mol. The van der Waals surface area contributed by atoms with Crippen molar-refractivity contribution in [1.82, 2.24) is 0 Å². The first-order chi connectivity index (χ1) is 5.74. The van der Waals surface area contributed by atoms with Gasteiger partial charge in [0.1, 0.15) is 0 Å². The van der Waals surface area contributed by atoms with Gasteiger partial charge in [-0.3, -0.25) is 4.99 Å². The number of hydrogen-bond donors (Lipinski definition) is 1. The van der Waals surface area contributed by atoms with Crippen molar-refractivity contribution < 1.29 is 0 Å². The summed E-state index contributed by atoms with van der Waals surface area (Å²) in [5, 5.41) is 7.13. The molecule has 0 saturated heterocycles. The van der Waals surface area contributed by atoms with Crippen LogP contribution < -0.4 is 0 Å². The Morgan fingerprint density at radius 3 is 2.58 bits per heavy atom. The van der Waals surface area contributed by atoms with Gasteiger partial charge in [0.15, 0.2) is 0 Å². The minimum Gasteiger partial charge on any atom is -0.308 e. The van der Waals surface area contributed by atoms with E-state index in [0.29, 0.717) is 0 Å². The van der Waals surface area contributed by atoms with Crippen molar-refractivity contribution in [3.05, 3.63) is 29.8 Å². The van der Waals surface area contributed by atoms with Crippen molar-refractivity contribution in [2.24, 2.45) is 4.99 Å². The quantitative estimate of drug-likeness (QED) is 0.646. The number of nitrogens with one attached hydrogen (secondary N) is 1. The molecule has 0 aliphatic rings. The van der Waals surface area contributed by atoms with Crippen molar-refractivity contribution in [3.8, 4) is 0 Å². The second-order valence-electron chi connectivity index (χ2n) is 2.76. The molecule has 1 rings (SSSR count). The molecule has 0 radical (unpaired) electrons. The van der Waals surface area contributed by atoms with Crippen LogP contribution in [0.3, 0.4) is 0 Å². The van der Waals surface area contributed by atoms with E-state index < -0.39 is 0 Å². The van der Waals surface area contributed by atoms with E-state index in [9.17, 15) is 0 Å². The summed E-state index contributed by atoms with van der Waals surface area (Å²) < 4.78 is 0. The largest absolute Gasteiger partial charge is 0.308 e. The maximum Gasteiger partial charge on any atom is 0.0716 e. The normalized spacial score (nSPS) is 9.17. The predicted octanol–water partition coefficient (Wildman–Crippen LogP) is 2.80. The van der Waals surface area contributed by atoms with Crippen molar-refractivity contribution in [2.75, 3.05) is 0 Å². The molecule has 12 heavy (non-hydrogen) atoms. The molecule has 1 aromatic rings. The third-order valence-electron chi connectivity index (χ3n) is 1.44. The molecule has 0 spiro atoms. The average molecular weight is 160 g/mol. The Labute approximate surface area is 72.5 Å². The van der Waals surface area contributed by atoms with E-state index in [1.54, 1.807) is 0 Å². The predicted molar refractivity (Wildman–Crippen MR) is 52.8 cm³/mol. The molecule has 0 heterocycles. The molecule has 0 aliphatic heterocycles. The monoisotopic (exact) mass is 160 g/mol. The molecule has 0 aromatic heterocycles. The Kier molecular flexibility index (Phi) is 2.75. The Bertz CT molecular complexity index is 309. The van der Waals surface area contributed by atoms with Crippen LogP contribution in [-0.2, 0) is 0 Å². The van der Waals surface area contributed by atoms with Crippen molar-refractivity contribution in [1.29, 1.82) is 5.41 Å². The lowest BCUT2D eigenvalue weighted by molar-refractivity contribution is 1.45. The summed E-state index contributed by atoms with van der Waals surface area (Å²) in [6.07, 6.45) is 1.32. The highest BCUT2D eigenvalue weighted by atomic mass is 14.7. The maximum atomic E-state index is 7.13. The molecule has 0 amide bonds. The summed E-state index contributed by atoms with van der Waals surface area (Å²) >= 11 is 0. The summed E-state index contributed by atoms with van der Waals surface area (Å²) in [4.78, 5) is 4.30. The SMILES string of the molecule is CC(C)=Nc1ccccc1C=N. The molecule has 62 valence electrons. The van der Waals surface area contributed by atoms with Gasteiger partial charge in [-0.1, -0.05) is 18.2 Å². The summed E-state index contributed by atoms with van der Waals surface area (Å²) in [7, 11) is 0. The number of hydrogen-bond acceptors (Lipinski definition) is 2. The summed E-state index contributed by atoms with van der Waals surface area (Å²) in [6, 6.07) is 7.63. The average Bonchev–Trinajstić information content (AvgIpc) is 2.04. The van der Waals surface area contributed by atoms with Gasteiger partial charge in [0.05, 0.1) is 5.69 Å². The Morgan fingerprint density at radius 2 is 2.00 bits per heavy atom. The number of nitrogens with zero attached hydrogens (tertiary/aromatic N) is 1. The number of para-hydroxylation sites is 1. The minimum absolute atomic E-state index is 0.860. The number of rotatable bonds is 2. The van der Waals surface area contributed by atoms with Crippen molar-refractivity contribution in [3.63, 3.8) is 0 Å². The summed E-state index contributed by atoms with van der Waals surface area (Å²) in [5.74, 6) is 0. The van der Waals surface area contributed by atoms with E-state index in [2.05, 4.69) is 4.99 Å². The molecule has 2 heteroatoms. The zero-order chi connectivity index (χ0) is 8.97. The van der Waals surface area contributed by atoms with E-state index in [0.717, 1.165) is 17.0 Å². The highest BCUT2D eigenvalue weighted by Crippen LogP contribution is 2.16. The summed E-state index contributed by atoms with van der Waals surface area (Å²) in [6.45, 7) is 3.89. The zero-order valence-electron chi connectivity index (χ0n) is 7.33. The molecule has 0 saturated carbocycles. The fraction of sp³-hybridized carbons (Fsp3) is 0.200. The maximum absolute atomic E-state index is 7.13. The van der Waals surface area contributed by atoms with Gasteiger partial charge in [-0.25, -0.2) is 0 Å². The second-order valence-corrected chi connectivity index (χ2v) is 2.76.